The van der Waals surface area contributed by atoms with Gasteiger partial charge in [0, 0.05) is 6.07 Å². The first kappa shape index (κ1) is 24.1. The summed E-state index contributed by atoms with van der Waals surface area (Å²) >= 11 is 0. The molecule has 0 aromatic heterocycles. The molecular formula is C25H28N2O5S. The van der Waals surface area contributed by atoms with Crippen molar-refractivity contribution < 1.29 is 22.7 Å². The van der Waals surface area contributed by atoms with Crippen molar-refractivity contribution in [2.24, 2.45) is 0 Å². The van der Waals surface area contributed by atoms with Crippen LogP contribution in [0, 0.1) is 0 Å². The van der Waals surface area contributed by atoms with Crippen LogP contribution >= 0.6 is 0 Å². The number of hydrogen-bond donors (Lipinski definition) is 1. The third kappa shape index (κ3) is 5.84. The molecule has 0 bridgehead atoms. The predicted octanol–water partition coefficient (Wildman–Crippen LogP) is 4.16. The molecule has 7 nitrogen and oxygen atoms in total. The van der Waals surface area contributed by atoms with Crippen LogP contribution in [0.3, 0.4) is 0 Å². The first-order chi connectivity index (χ1) is 15.7. The topological polar surface area (TPSA) is 84.9 Å². The van der Waals surface area contributed by atoms with Crippen LogP contribution in [0.15, 0.2) is 72.8 Å². The molecule has 0 unspecified atom stereocenters. The van der Waals surface area contributed by atoms with E-state index in [4.69, 9.17) is 9.47 Å². The number of ether oxygens (including phenoxy) is 2. The van der Waals surface area contributed by atoms with E-state index in [1.54, 1.807) is 0 Å². The Bertz CT molecular complexity index is 1200. The van der Waals surface area contributed by atoms with Gasteiger partial charge in [-0.25, -0.2) is 8.42 Å². The number of carbonyl (C=O) groups is 1. The van der Waals surface area contributed by atoms with Gasteiger partial charge < -0.3 is 14.8 Å². The monoisotopic (exact) mass is 468 g/mol. The number of sulfonamides is 1. The Balaban J connectivity index is 2.09. The Hall–Kier alpha value is -3.52. The minimum atomic E-state index is -3.74. The van der Waals surface area contributed by atoms with Gasteiger partial charge in [0.1, 0.15) is 0 Å². The molecule has 3 rings (SSSR count). The molecule has 0 aliphatic carbocycles. The summed E-state index contributed by atoms with van der Waals surface area (Å²) in [5, 5.41) is 2.96. The minimum Gasteiger partial charge on any atom is -0.493 e. The van der Waals surface area contributed by atoms with Gasteiger partial charge in [-0.05, 0) is 24.1 Å². The molecule has 3 aromatic rings. The molecule has 0 heterocycles. The normalized spacial score (nSPS) is 12.0. The number of anilines is 1. The summed E-state index contributed by atoms with van der Waals surface area (Å²) in [5.74, 6) is 0.220. The van der Waals surface area contributed by atoms with E-state index >= 15 is 0 Å². The zero-order valence-corrected chi connectivity index (χ0v) is 19.9. The lowest BCUT2D eigenvalue weighted by atomic mass is 10.1. The van der Waals surface area contributed by atoms with Gasteiger partial charge in [0.25, 0.3) is 5.91 Å². The maximum absolute atomic E-state index is 13.4. The summed E-state index contributed by atoms with van der Waals surface area (Å²) in [6.07, 6.45) is 1.11. The summed E-state index contributed by atoms with van der Waals surface area (Å²) in [6, 6.07) is 21.4. The molecule has 0 aliphatic rings. The number of benzene rings is 3. The zero-order chi connectivity index (χ0) is 24.0. The van der Waals surface area contributed by atoms with Crippen LogP contribution in [-0.4, -0.2) is 34.8 Å². The summed E-state index contributed by atoms with van der Waals surface area (Å²) in [4.78, 5) is 13.4. The van der Waals surface area contributed by atoms with Crippen molar-refractivity contribution in [3.8, 4) is 11.5 Å². The molecule has 0 saturated heterocycles. The van der Waals surface area contributed by atoms with Gasteiger partial charge in [-0.2, -0.15) is 0 Å². The Morgan fingerprint density at radius 2 is 1.48 bits per heavy atom. The van der Waals surface area contributed by atoms with Crippen LogP contribution in [0.4, 0.5) is 5.69 Å². The SMILES string of the molecule is COc1cc(C(=O)N[C@H](C)c2ccccc2)c(N(Cc2ccccc2)S(C)(=O)=O)cc1OC. The lowest BCUT2D eigenvalue weighted by molar-refractivity contribution is 0.0940. The van der Waals surface area contributed by atoms with Crippen molar-refractivity contribution in [2.75, 3.05) is 24.8 Å². The average Bonchev–Trinajstić information content (AvgIpc) is 2.82. The van der Waals surface area contributed by atoms with Crippen molar-refractivity contribution >= 4 is 21.6 Å². The number of nitrogens with one attached hydrogen (secondary N) is 1. The second-order valence-electron chi connectivity index (χ2n) is 7.59. The molecule has 3 aromatic carbocycles. The minimum absolute atomic E-state index is 0.0592. The first-order valence-electron chi connectivity index (χ1n) is 10.4. The van der Waals surface area contributed by atoms with Gasteiger partial charge in [-0.15, -0.1) is 0 Å². The lowest BCUT2D eigenvalue weighted by Crippen LogP contribution is -2.33. The number of amides is 1. The summed E-state index contributed by atoms with van der Waals surface area (Å²) in [7, 11) is -0.819. The van der Waals surface area contributed by atoms with E-state index in [1.807, 2.05) is 67.6 Å². The van der Waals surface area contributed by atoms with E-state index in [0.29, 0.717) is 11.5 Å². The zero-order valence-electron chi connectivity index (χ0n) is 19.1. The molecule has 174 valence electrons. The van der Waals surface area contributed by atoms with Crippen LogP contribution in [0.2, 0.25) is 0 Å². The molecule has 0 fully saturated rings. The van der Waals surface area contributed by atoms with Crippen LogP contribution in [0.1, 0.15) is 34.5 Å². The first-order valence-corrected chi connectivity index (χ1v) is 12.2. The largest absolute Gasteiger partial charge is 0.493 e. The van der Waals surface area contributed by atoms with E-state index in [-0.39, 0.29) is 23.8 Å². The van der Waals surface area contributed by atoms with Crippen molar-refractivity contribution in [2.45, 2.75) is 19.5 Å². The van der Waals surface area contributed by atoms with Gasteiger partial charge in [0.15, 0.2) is 11.5 Å². The molecule has 0 radical (unpaired) electrons. The Labute approximate surface area is 195 Å². The Morgan fingerprint density at radius 1 is 0.939 bits per heavy atom. The van der Waals surface area contributed by atoms with Gasteiger partial charge in [0.2, 0.25) is 10.0 Å². The summed E-state index contributed by atoms with van der Waals surface area (Å²) < 4.78 is 37.6. The van der Waals surface area contributed by atoms with Crippen LogP contribution in [0.5, 0.6) is 11.5 Å². The van der Waals surface area contributed by atoms with Crippen LogP contribution in [-0.2, 0) is 16.6 Å². The molecular weight excluding hydrogens is 440 g/mol. The third-order valence-corrected chi connectivity index (χ3v) is 6.36. The van der Waals surface area contributed by atoms with Crippen LogP contribution in [0.25, 0.3) is 0 Å². The predicted molar refractivity (Wildman–Crippen MR) is 129 cm³/mol. The maximum atomic E-state index is 13.4. The number of nitrogens with zero attached hydrogens (tertiary/aromatic N) is 1. The Morgan fingerprint density at radius 3 is 2.03 bits per heavy atom. The van der Waals surface area contributed by atoms with Crippen molar-refractivity contribution in [3.63, 3.8) is 0 Å². The molecule has 0 saturated carbocycles. The number of carbonyl (C=O) groups excluding carboxylic acids is 1. The fraction of sp³-hybridized carbons (Fsp3) is 0.240. The Kier molecular flexibility index (Phi) is 7.60. The van der Waals surface area contributed by atoms with Crippen molar-refractivity contribution in [1.82, 2.24) is 5.32 Å². The molecule has 1 amide bonds. The highest BCUT2D eigenvalue weighted by atomic mass is 32.2. The van der Waals surface area contributed by atoms with Gasteiger partial charge >= 0.3 is 0 Å². The second-order valence-corrected chi connectivity index (χ2v) is 9.49. The molecule has 1 N–H and O–H groups in total. The van der Waals surface area contributed by atoms with E-state index in [1.165, 1.54) is 30.7 Å². The molecule has 0 aliphatic heterocycles. The molecule has 1 atom stereocenters. The average molecular weight is 469 g/mol. The van der Waals surface area contributed by atoms with Crippen molar-refractivity contribution in [3.05, 3.63) is 89.5 Å². The van der Waals surface area contributed by atoms with Gasteiger partial charge in [0.05, 0.1) is 44.3 Å². The molecule has 33 heavy (non-hydrogen) atoms. The third-order valence-electron chi connectivity index (χ3n) is 5.23. The van der Waals surface area contributed by atoms with Gasteiger partial charge in [-0.3, -0.25) is 9.10 Å². The van der Waals surface area contributed by atoms with Gasteiger partial charge in [-0.1, -0.05) is 60.7 Å². The number of hydrogen-bond acceptors (Lipinski definition) is 5. The van der Waals surface area contributed by atoms with E-state index in [2.05, 4.69) is 5.32 Å². The smallest absolute Gasteiger partial charge is 0.254 e. The second kappa shape index (κ2) is 10.4. The quantitative estimate of drug-likeness (QED) is 0.510. The maximum Gasteiger partial charge on any atom is 0.254 e. The van der Waals surface area contributed by atoms with Crippen LogP contribution < -0.4 is 19.1 Å². The fourth-order valence-electron chi connectivity index (χ4n) is 3.49. The lowest BCUT2D eigenvalue weighted by Gasteiger charge is -2.26. The van der Waals surface area contributed by atoms with Crippen molar-refractivity contribution in [1.29, 1.82) is 0 Å². The molecule has 8 heteroatoms. The highest BCUT2D eigenvalue weighted by molar-refractivity contribution is 7.92. The standard InChI is InChI=1S/C25H28N2O5S/c1-18(20-13-9-6-10-14-20)26-25(28)21-15-23(31-2)24(32-3)16-22(21)27(33(4,29)30)17-19-11-7-5-8-12-19/h5-16,18H,17H2,1-4H3,(H,26,28)/t18-/m1/s1. The number of rotatable bonds is 9. The summed E-state index contributed by atoms with van der Waals surface area (Å²) in [5.41, 5.74) is 2.08. The highest BCUT2D eigenvalue weighted by Crippen LogP contribution is 2.37. The van der Waals surface area contributed by atoms with E-state index < -0.39 is 15.9 Å². The molecule has 0 spiro atoms. The number of methoxy groups -OCH3 is 2. The van der Waals surface area contributed by atoms with E-state index in [9.17, 15) is 13.2 Å². The fourth-order valence-corrected chi connectivity index (χ4v) is 4.38. The van der Waals surface area contributed by atoms with E-state index in [0.717, 1.165) is 17.4 Å². The highest BCUT2D eigenvalue weighted by Gasteiger charge is 2.27. The summed E-state index contributed by atoms with van der Waals surface area (Å²) in [6.45, 7) is 1.93.